The third kappa shape index (κ3) is 1.45. The van der Waals surface area contributed by atoms with Crippen LogP contribution in [0.3, 0.4) is 0 Å². The number of fused-ring (bicyclic) bond motifs is 2. The molecule has 0 heteroatoms. The second-order valence-electron chi connectivity index (χ2n) is 5.23. The van der Waals surface area contributed by atoms with Gasteiger partial charge in [0.25, 0.3) is 0 Å². The van der Waals surface area contributed by atoms with Crippen molar-refractivity contribution in [2.45, 2.75) is 51.4 Å². The van der Waals surface area contributed by atoms with Gasteiger partial charge in [0.15, 0.2) is 0 Å². The second-order valence-corrected chi connectivity index (χ2v) is 5.23. The van der Waals surface area contributed by atoms with Crippen molar-refractivity contribution >= 4 is 0 Å². The molecule has 0 aromatic rings. The lowest BCUT2D eigenvalue weighted by Gasteiger charge is -2.36. The lowest BCUT2D eigenvalue weighted by atomic mass is 9.69. The fourth-order valence-corrected chi connectivity index (χ4v) is 3.52. The highest BCUT2D eigenvalue weighted by Crippen LogP contribution is 2.44. The number of hydrogen-bond donors (Lipinski definition) is 0. The lowest BCUT2D eigenvalue weighted by molar-refractivity contribution is 0.341. The predicted octanol–water partition coefficient (Wildman–Crippen LogP) is 4.23. The molecule has 0 aromatic carbocycles. The normalized spacial score (nSPS) is 36.6. The summed E-state index contributed by atoms with van der Waals surface area (Å²) in [5.41, 5.74) is 3.49. The fourth-order valence-electron chi connectivity index (χ4n) is 3.52. The minimum absolute atomic E-state index is 0.940. The van der Waals surface area contributed by atoms with Gasteiger partial charge in [0.2, 0.25) is 0 Å². The summed E-state index contributed by atoms with van der Waals surface area (Å²) >= 11 is 0. The minimum Gasteiger partial charge on any atom is -0.0810 e. The molecule has 0 amide bonds. The monoisotopic (exact) mass is 188 g/mol. The van der Waals surface area contributed by atoms with Crippen molar-refractivity contribution in [1.29, 1.82) is 0 Å². The molecule has 0 saturated heterocycles. The summed E-state index contributed by atoms with van der Waals surface area (Å²) in [5.74, 6) is 1.92. The Balaban J connectivity index is 1.89. The van der Waals surface area contributed by atoms with Crippen molar-refractivity contribution in [3.8, 4) is 0 Å². The summed E-state index contributed by atoms with van der Waals surface area (Å²) < 4.78 is 0. The summed E-state index contributed by atoms with van der Waals surface area (Å²) in [6, 6.07) is 0. The summed E-state index contributed by atoms with van der Waals surface area (Å²) in [7, 11) is 0. The zero-order chi connectivity index (χ0) is 9.38. The zero-order valence-corrected chi connectivity index (χ0v) is 8.97. The first kappa shape index (κ1) is 8.76. The maximum Gasteiger partial charge on any atom is -0.0159 e. The topological polar surface area (TPSA) is 0 Å². The van der Waals surface area contributed by atoms with E-state index in [1.807, 2.05) is 0 Å². The van der Waals surface area contributed by atoms with Crippen LogP contribution in [0, 0.1) is 11.8 Å². The fraction of sp³-hybridized carbons (Fsp3) is 0.714. The Hall–Kier alpha value is -0.520. The van der Waals surface area contributed by atoms with Gasteiger partial charge in [-0.1, -0.05) is 24.1 Å². The van der Waals surface area contributed by atoms with Gasteiger partial charge in [0, 0.05) is 0 Å². The van der Waals surface area contributed by atoms with E-state index in [4.69, 9.17) is 0 Å². The SMILES string of the molecule is C1=C2C=C3CCCCC3CC2CCC1. The van der Waals surface area contributed by atoms with Gasteiger partial charge in [-0.3, -0.25) is 0 Å². The smallest absolute Gasteiger partial charge is 0.0159 e. The van der Waals surface area contributed by atoms with Crippen LogP contribution in [-0.2, 0) is 0 Å². The molecular weight excluding hydrogens is 168 g/mol. The summed E-state index contributed by atoms with van der Waals surface area (Å²) in [6.07, 6.45) is 16.6. The highest BCUT2D eigenvalue weighted by atomic mass is 14.3. The number of rotatable bonds is 0. The molecule has 3 aliphatic rings. The third-order valence-corrected chi connectivity index (χ3v) is 4.32. The first-order valence-corrected chi connectivity index (χ1v) is 6.34. The molecule has 2 atom stereocenters. The molecule has 3 rings (SSSR count). The van der Waals surface area contributed by atoms with Crippen LogP contribution in [0.4, 0.5) is 0 Å². The quantitative estimate of drug-likeness (QED) is 0.533. The Morgan fingerprint density at radius 3 is 2.93 bits per heavy atom. The van der Waals surface area contributed by atoms with Crippen LogP contribution in [0.15, 0.2) is 23.3 Å². The van der Waals surface area contributed by atoms with Gasteiger partial charge in [-0.05, 0) is 62.4 Å². The summed E-state index contributed by atoms with van der Waals surface area (Å²) in [6.45, 7) is 0. The van der Waals surface area contributed by atoms with Crippen LogP contribution in [-0.4, -0.2) is 0 Å². The molecule has 0 radical (unpaired) electrons. The van der Waals surface area contributed by atoms with E-state index in [2.05, 4.69) is 12.2 Å². The first-order chi connectivity index (χ1) is 6.93. The summed E-state index contributed by atoms with van der Waals surface area (Å²) in [4.78, 5) is 0. The highest BCUT2D eigenvalue weighted by Gasteiger charge is 2.29. The van der Waals surface area contributed by atoms with Crippen LogP contribution in [0.5, 0.6) is 0 Å². The van der Waals surface area contributed by atoms with Gasteiger partial charge in [-0.2, -0.15) is 0 Å². The Bertz CT molecular complexity index is 282. The Kier molecular flexibility index (Phi) is 2.23. The van der Waals surface area contributed by atoms with E-state index >= 15 is 0 Å². The second kappa shape index (κ2) is 3.56. The van der Waals surface area contributed by atoms with Gasteiger partial charge in [0.05, 0.1) is 0 Å². The van der Waals surface area contributed by atoms with Crippen LogP contribution in [0.25, 0.3) is 0 Å². The standard InChI is InChI=1S/C14H20/c1-2-6-12-10-14-8-4-3-7-13(14)9-11(12)5-1/h5,9,12,14H,1-4,6-8,10H2. The summed E-state index contributed by atoms with van der Waals surface area (Å²) in [5, 5.41) is 0. The predicted molar refractivity (Wildman–Crippen MR) is 60.1 cm³/mol. The highest BCUT2D eigenvalue weighted by molar-refractivity contribution is 5.33. The van der Waals surface area contributed by atoms with Gasteiger partial charge in [-0.25, -0.2) is 0 Å². The molecule has 14 heavy (non-hydrogen) atoms. The zero-order valence-electron chi connectivity index (χ0n) is 8.97. The molecule has 0 heterocycles. The van der Waals surface area contributed by atoms with E-state index in [0.717, 1.165) is 11.8 Å². The van der Waals surface area contributed by atoms with E-state index in [-0.39, 0.29) is 0 Å². The molecule has 0 nitrogen and oxygen atoms in total. The Labute approximate surface area is 87.1 Å². The molecule has 76 valence electrons. The van der Waals surface area contributed by atoms with Crippen molar-refractivity contribution in [1.82, 2.24) is 0 Å². The number of hydrogen-bond acceptors (Lipinski definition) is 0. The van der Waals surface area contributed by atoms with E-state index in [1.54, 1.807) is 11.1 Å². The Morgan fingerprint density at radius 1 is 1.00 bits per heavy atom. The molecule has 0 aromatic heterocycles. The molecule has 3 aliphatic carbocycles. The molecular formula is C14H20. The average Bonchev–Trinajstić information content (AvgIpc) is 2.26. The van der Waals surface area contributed by atoms with Gasteiger partial charge in [0.1, 0.15) is 0 Å². The van der Waals surface area contributed by atoms with E-state index in [9.17, 15) is 0 Å². The number of allylic oxidation sites excluding steroid dienone is 4. The molecule has 1 saturated carbocycles. The van der Waals surface area contributed by atoms with E-state index in [0.29, 0.717) is 0 Å². The molecule has 0 aliphatic heterocycles. The van der Waals surface area contributed by atoms with Crippen LogP contribution >= 0.6 is 0 Å². The minimum atomic E-state index is 0.940. The maximum atomic E-state index is 2.57. The molecule has 1 fully saturated rings. The van der Waals surface area contributed by atoms with Crippen LogP contribution in [0.2, 0.25) is 0 Å². The first-order valence-electron chi connectivity index (χ1n) is 6.34. The lowest BCUT2D eigenvalue weighted by Crippen LogP contribution is -2.22. The van der Waals surface area contributed by atoms with Gasteiger partial charge in [-0.15, -0.1) is 0 Å². The van der Waals surface area contributed by atoms with Gasteiger partial charge < -0.3 is 0 Å². The van der Waals surface area contributed by atoms with Gasteiger partial charge >= 0.3 is 0 Å². The van der Waals surface area contributed by atoms with Crippen molar-refractivity contribution in [2.24, 2.45) is 11.8 Å². The molecule has 2 unspecified atom stereocenters. The van der Waals surface area contributed by atoms with E-state index in [1.165, 1.54) is 51.4 Å². The average molecular weight is 188 g/mol. The maximum absolute atomic E-state index is 2.57. The van der Waals surface area contributed by atoms with Crippen LogP contribution < -0.4 is 0 Å². The van der Waals surface area contributed by atoms with Crippen molar-refractivity contribution in [3.05, 3.63) is 23.3 Å². The molecule has 0 N–H and O–H groups in total. The molecule has 0 spiro atoms. The Morgan fingerprint density at radius 2 is 1.93 bits per heavy atom. The third-order valence-electron chi connectivity index (χ3n) is 4.32. The largest absolute Gasteiger partial charge is 0.0810 e. The van der Waals surface area contributed by atoms with E-state index < -0.39 is 0 Å². The molecule has 0 bridgehead atoms. The van der Waals surface area contributed by atoms with Crippen molar-refractivity contribution < 1.29 is 0 Å². The van der Waals surface area contributed by atoms with Crippen molar-refractivity contribution in [2.75, 3.05) is 0 Å². The van der Waals surface area contributed by atoms with Crippen LogP contribution in [0.1, 0.15) is 51.4 Å². The van der Waals surface area contributed by atoms with Crippen molar-refractivity contribution in [3.63, 3.8) is 0 Å².